The molecule has 0 aromatic heterocycles. The molecular formula is C15H14N2O3. The smallest absolute Gasteiger partial charge is 0.270 e. The highest BCUT2D eigenvalue weighted by atomic mass is 16.6. The number of rotatable bonds is 5. The second-order valence-corrected chi connectivity index (χ2v) is 4.35. The number of aryl methyl sites for hydroxylation is 1. The van der Waals surface area contributed by atoms with Gasteiger partial charge in [-0.15, -0.1) is 0 Å². The average Bonchev–Trinajstić information content (AvgIpc) is 2.46. The third kappa shape index (κ3) is 3.91. The molecule has 0 amide bonds. The number of benzene rings is 2. The summed E-state index contributed by atoms with van der Waals surface area (Å²) in [5.41, 5.74) is 2.87. The van der Waals surface area contributed by atoms with Gasteiger partial charge in [0.25, 0.3) is 5.69 Å². The maximum Gasteiger partial charge on any atom is 0.270 e. The van der Waals surface area contributed by atoms with Gasteiger partial charge in [0, 0.05) is 17.7 Å². The van der Waals surface area contributed by atoms with Crippen molar-refractivity contribution in [3.63, 3.8) is 0 Å². The third-order valence-electron chi connectivity index (χ3n) is 2.71. The second kappa shape index (κ2) is 6.47. The van der Waals surface area contributed by atoms with Gasteiger partial charge in [-0.25, -0.2) is 0 Å². The summed E-state index contributed by atoms with van der Waals surface area (Å²) >= 11 is 0. The predicted octanol–water partition coefficient (Wildman–Crippen LogP) is 3.45. The summed E-state index contributed by atoms with van der Waals surface area (Å²) in [6.45, 7) is 2.39. The molecule has 0 heterocycles. The van der Waals surface area contributed by atoms with Crippen molar-refractivity contribution in [2.75, 3.05) is 0 Å². The molecule has 0 unspecified atom stereocenters. The van der Waals surface area contributed by atoms with Crippen LogP contribution >= 0.6 is 0 Å². The Hall–Kier alpha value is -2.69. The number of nitro benzene ring substituents is 1. The van der Waals surface area contributed by atoms with E-state index >= 15 is 0 Å². The van der Waals surface area contributed by atoms with Gasteiger partial charge < -0.3 is 4.84 Å². The van der Waals surface area contributed by atoms with Crippen LogP contribution in [0.15, 0.2) is 53.7 Å². The minimum Gasteiger partial charge on any atom is -0.391 e. The Morgan fingerprint density at radius 3 is 2.70 bits per heavy atom. The zero-order chi connectivity index (χ0) is 14.4. The first-order chi connectivity index (χ1) is 9.65. The Bertz CT molecular complexity index is 621. The van der Waals surface area contributed by atoms with Crippen LogP contribution < -0.4 is 0 Å². The molecule has 2 aromatic rings. The monoisotopic (exact) mass is 270 g/mol. The molecule has 2 rings (SSSR count). The van der Waals surface area contributed by atoms with E-state index in [4.69, 9.17) is 4.84 Å². The maximum atomic E-state index is 10.6. The maximum absolute atomic E-state index is 10.6. The van der Waals surface area contributed by atoms with E-state index in [-0.39, 0.29) is 5.69 Å². The van der Waals surface area contributed by atoms with Crippen molar-refractivity contribution in [3.8, 4) is 0 Å². The Morgan fingerprint density at radius 1 is 1.25 bits per heavy atom. The molecule has 0 saturated carbocycles. The topological polar surface area (TPSA) is 64.7 Å². The largest absolute Gasteiger partial charge is 0.391 e. The molecule has 2 aromatic carbocycles. The molecule has 0 aliphatic carbocycles. The Balaban J connectivity index is 1.91. The van der Waals surface area contributed by atoms with Gasteiger partial charge in [-0.3, -0.25) is 10.1 Å². The van der Waals surface area contributed by atoms with Crippen LogP contribution in [0.5, 0.6) is 0 Å². The van der Waals surface area contributed by atoms with Crippen molar-refractivity contribution in [1.82, 2.24) is 0 Å². The van der Waals surface area contributed by atoms with Crippen molar-refractivity contribution in [2.24, 2.45) is 5.16 Å². The molecule has 0 aliphatic heterocycles. The molecule has 0 aliphatic rings. The summed E-state index contributed by atoms with van der Waals surface area (Å²) in [7, 11) is 0. The van der Waals surface area contributed by atoms with Crippen molar-refractivity contribution in [2.45, 2.75) is 13.5 Å². The van der Waals surface area contributed by atoms with Crippen molar-refractivity contribution in [3.05, 3.63) is 75.3 Å². The highest BCUT2D eigenvalue weighted by Crippen LogP contribution is 2.11. The van der Waals surface area contributed by atoms with Crippen LogP contribution in [0.1, 0.15) is 16.7 Å². The van der Waals surface area contributed by atoms with Gasteiger partial charge in [-0.05, 0) is 12.5 Å². The highest BCUT2D eigenvalue weighted by molar-refractivity contribution is 5.80. The molecule has 0 saturated heterocycles. The first kappa shape index (κ1) is 13.7. The van der Waals surface area contributed by atoms with Gasteiger partial charge in [0.1, 0.15) is 6.61 Å². The number of non-ortho nitro benzene ring substituents is 1. The summed E-state index contributed by atoms with van der Waals surface area (Å²) in [5.74, 6) is 0. The van der Waals surface area contributed by atoms with Crippen LogP contribution in [0, 0.1) is 17.0 Å². The number of hydrogen-bond acceptors (Lipinski definition) is 4. The number of oxime groups is 1. The Morgan fingerprint density at radius 2 is 2.00 bits per heavy atom. The summed E-state index contributed by atoms with van der Waals surface area (Å²) < 4.78 is 0. The molecule has 0 atom stereocenters. The van der Waals surface area contributed by atoms with Gasteiger partial charge in [-0.2, -0.15) is 0 Å². The summed E-state index contributed by atoms with van der Waals surface area (Å²) in [4.78, 5) is 15.3. The molecule has 102 valence electrons. The lowest BCUT2D eigenvalue weighted by Gasteiger charge is -2.00. The van der Waals surface area contributed by atoms with E-state index in [1.54, 1.807) is 12.1 Å². The zero-order valence-corrected chi connectivity index (χ0v) is 11.0. The van der Waals surface area contributed by atoms with Crippen LogP contribution in [-0.4, -0.2) is 11.1 Å². The standard InChI is InChI=1S/C15H14N2O3/c1-12-5-7-13(8-6-12)11-20-16-10-14-3-2-4-15(9-14)17(18)19/h2-10H,11H2,1H3/b16-10+. The molecule has 20 heavy (non-hydrogen) atoms. The minimum absolute atomic E-state index is 0.0347. The van der Waals surface area contributed by atoms with Crippen molar-refractivity contribution in [1.29, 1.82) is 0 Å². The third-order valence-corrected chi connectivity index (χ3v) is 2.71. The van der Waals surface area contributed by atoms with E-state index < -0.39 is 4.92 Å². The zero-order valence-electron chi connectivity index (χ0n) is 11.0. The number of hydrogen-bond donors (Lipinski definition) is 0. The van der Waals surface area contributed by atoms with Gasteiger partial charge in [0.2, 0.25) is 0 Å². The summed E-state index contributed by atoms with van der Waals surface area (Å²) in [6, 6.07) is 14.2. The van der Waals surface area contributed by atoms with Crippen LogP contribution in [0.2, 0.25) is 0 Å². The number of nitro groups is 1. The van der Waals surface area contributed by atoms with E-state index in [9.17, 15) is 10.1 Å². The molecule has 0 spiro atoms. The van der Waals surface area contributed by atoms with Gasteiger partial charge in [0.15, 0.2) is 0 Å². The molecule has 5 heteroatoms. The van der Waals surface area contributed by atoms with E-state index in [0.717, 1.165) is 5.56 Å². The van der Waals surface area contributed by atoms with E-state index in [2.05, 4.69) is 5.16 Å². The predicted molar refractivity (Wildman–Crippen MR) is 76.7 cm³/mol. The fourth-order valence-electron chi connectivity index (χ4n) is 1.61. The first-order valence-corrected chi connectivity index (χ1v) is 6.10. The minimum atomic E-state index is -0.440. The first-order valence-electron chi connectivity index (χ1n) is 6.10. The highest BCUT2D eigenvalue weighted by Gasteiger charge is 2.03. The lowest BCUT2D eigenvalue weighted by atomic mass is 10.2. The van der Waals surface area contributed by atoms with Crippen LogP contribution in [0.25, 0.3) is 0 Å². The molecular weight excluding hydrogens is 256 g/mol. The fourth-order valence-corrected chi connectivity index (χ4v) is 1.61. The van der Waals surface area contributed by atoms with Crippen LogP contribution in [-0.2, 0) is 11.4 Å². The molecule has 0 bridgehead atoms. The average molecular weight is 270 g/mol. The molecule has 0 fully saturated rings. The van der Waals surface area contributed by atoms with Gasteiger partial charge in [0.05, 0.1) is 11.1 Å². The quantitative estimate of drug-likeness (QED) is 0.475. The lowest BCUT2D eigenvalue weighted by molar-refractivity contribution is -0.384. The Labute approximate surface area is 116 Å². The van der Waals surface area contributed by atoms with Crippen molar-refractivity contribution < 1.29 is 9.76 Å². The molecule has 0 radical (unpaired) electrons. The lowest BCUT2D eigenvalue weighted by Crippen LogP contribution is -1.91. The van der Waals surface area contributed by atoms with E-state index in [0.29, 0.717) is 12.2 Å². The fraction of sp³-hybridized carbons (Fsp3) is 0.133. The van der Waals surface area contributed by atoms with Gasteiger partial charge in [-0.1, -0.05) is 47.1 Å². The van der Waals surface area contributed by atoms with E-state index in [1.165, 1.54) is 23.9 Å². The van der Waals surface area contributed by atoms with Crippen molar-refractivity contribution >= 4 is 11.9 Å². The van der Waals surface area contributed by atoms with Crippen LogP contribution in [0.4, 0.5) is 5.69 Å². The summed E-state index contributed by atoms with van der Waals surface area (Å²) in [5, 5.41) is 14.4. The Kier molecular flexibility index (Phi) is 4.44. The van der Waals surface area contributed by atoms with Gasteiger partial charge >= 0.3 is 0 Å². The second-order valence-electron chi connectivity index (χ2n) is 4.35. The normalized spacial score (nSPS) is 10.7. The van der Waals surface area contributed by atoms with Crippen LogP contribution in [0.3, 0.4) is 0 Å². The summed E-state index contributed by atoms with van der Waals surface area (Å²) in [6.07, 6.45) is 1.46. The SMILES string of the molecule is Cc1ccc(CO/N=C/c2cccc([N+](=O)[O-])c2)cc1. The van der Waals surface area contributed by atoms with E-state index in [1.807, 2.05) is 31.2 Å². The molecule has 0 N–H and O–H groups in total. The molecule has 5 nitrogen and oxygen atoms in total. The number of nitrogens with zero attached hydrogens (tertiary/aromatic N) is 2.